The first-order valence-corrected chi connectivity index (χ1v) is 12.9. The van der Waals surface area contributed by atoms with Crippen LogP contribution in [0.5, 0.6) is 11.5 Å². The Morgan fingerprint density at radius 1 is 1.26 bits per heavy atom. The van der Waals surface area contributed by atoms with Crippen LogP contribution in [0.1, 0.15) is 53.9 Å². The minimum Gasteiger partial charge on any atom is -0.504 e. The van der Waals surface area contributed by atoms with Crippen molar-refractivity contribution < 1.29 is 23.8 Å². The summed E-state index contributed by atoms with van der Waals surface area (Å²) in [5.41, 5.74) is 3.04. The summed E-state index contributed by atoms with van der Waals surface area (Å²) in [5.74, 6) is 0.562. The van der Waals surface area contributed by atoms with E-state index in [4.69, 9.17) is 13.9 Å². The number of aromatic nitrogens is 1. The van der Waals surface area contributed by atoms with Gasteiger partial charge in [-0.05, 0) is 88.7 Å². The first-order valence-electron chi connectivity index (χ1n) is 12.9. The molecule has 9 nitrogen and oxygen atoms in total. The van der Waals surface area contributed by atoms with Crippen LogP contribution in [0.15, 0.2) is 45.9 Å². The Labute approximate surface area is 221 Å². The summed E-state index contributed by atoms with van der Waals surface area (Å²) in [5, 5.41) is 14.2. The van der Waals surface area contributed by atoms with Gasteiger partial charge in [0, 0.05) is 35.8 Å². The highest BCUT2D eigenvalue weighted by Crippen LogP contribution is 2.40. The maximum Gasteiger partial charge on any atom is 0.347 e. The number of benzene rings is 1. The third-order valence-corrected chi connectivity index (χ3v) is 6.49. The van der Waals surface area contributed by atoms with Gasteiger partial charge in [-0.25, -0.2) is 14.8 Å². The number of likely N-dealkylation sites (tertiary alicyclic amines) is 1. The number of fused-ring (bicyclic) bond motifs is 1. The molecular weight excluding hydrogens is 484 g/mol. The molecule has 0 amide bonds. The van der Waals surface area contributed by atoms with E-state index in [1.54, 1.807) is 32.3 Å². The van der Waals surface area contributed by atoms with Gasteiger partial charge in [-0.2, -0.15) is 0 Å². The highest BCUT2D eigenvalue weighted by Gasteiger charge is 2.28. The monoisotopic (exact) mass is 516 g/mol. The summed E-state index contributed by atoms with van der Waals surface area (Å²) in [6.45, 7) is 9.24. The highest BCUT2D eigenvalue weighted by atomic mass is 16.5. The lowest BCUT2D eigenvalue weighted by Gasteiger charge is -2.16. The van der Waals surface area contributed by atoms with Crippen LogP contribution < -0.4 is 10.1 Å². The van der Waals surface area contributed by atoms with Crippen molar-refractivity contribution in [2.75, 3.05) is 31.6 Å². The second-order valence-corrected chi connectivity index (χ2v) is 9.70. The third-order valence-electron chi connectivity index (χ3n) is 6.49. The molecule has 4 heterocycles. The molecule has 0 unspecified atom stereocenters. The Hall–Kier alpha value is -4.11. The second kappa shape index (κ2) is 11.1. The van der Waals surface area contributed by atoms with Gasteiger partial charge in [0.25, 0.3) is 0 Å². The van der Waals surface area contributed by atoms with Crippen molar-refractivity contribution in [3.63, 3.8) is 0 Å². The number of aromatic hydroxyl groups is 1. The van der Waals surface area contributed by atoms with Crippen molar-refractivity contribution in [1.29, 1.82) is 0 Å². The second-order valence-electron chi connectivity index (χ2n) is 9.70. The quantitative estimate of drug-likeness (QED) is 0.347. The Balaban J connectivity index is 1.39. The van der Waals surface area contributed by atoms with Gasteiger partial charge in [0.15, 0.2) is 22.9 Å². The number of allylic oxidation sites excluding steroid dienone is 1. The van der Waals surface area contributed by atoms with E-state index in [9.17, 15) is 9.90 Å². The lowest BCUT2D eigenvalue weighted by atomic mass is 10.1. The zero-order valence-corrected chi connectivity index (χ0v) is 21.9. The molecule has 3 aromatic rings. The van der Waals surface area contributed by atoms with Crippen molar-refractivity contribution in [2.24, 2.45) is 4.99 Å². The normalized spacial score (nSPS) is 15.8. The summed E-state index contributed by atoms with van der Waals surface area (Å²) in [6, 6.07) is 9.36. The Kier molecular flexibility index (Phi) is 7.46. The molecule has 2 aliphatic rings. The number of aliphatic imine (C=N–C) groups is 1. The number of hydrogen-bond acceptors (Lipinski definition) is 9. The van der Waals surface area contributed by atoms with E-state index in [0.29, 0.717) is 23.7 Å². The summed E-state index contributed by atoms with van der Waals surface area (Å²) in [4.78, 5) is 23.9. The molecule has 0 radical (unpaired) electrons. The van der Waals surface area contributed by atoms with E-state index in [0.717, 1.165) is 36.5 Å². The number of carbonyl (C=O) groups is 1. The van der Waals surface area contributed by atoms with Crippen LogP contribution >= 0.6 is 0 Å². The molecule has 0 spiro atoms. The van der Waals surface area contributed by atoms with Gasteiger partial charge in [-0.15, -0.1) is 0 Å². The summed E-state index contributed by atoms with van der Waals surface area (Å²) >= 11 is 0. The predicted molar refractivity (Wildman–Crippen MR) is 147 cm³/mol. The van der Waals surface area contributed by atoms with Gasteiger partial charge in [0.05, 0.1) is 6.10 Å². The van der Waals surface area contributed by atoms with E-state index in [1.165, 1.54) is 12.8 Å². The number of nitrogens with zero attached hydrogens (tertiary/aromatic N) is 3. The number of pyridine rings is 1. The molecular formula is C29H32N4O5. The van der Waals surface area contributed by atoms with Gasteiger partial charge in [0.2, 0.25) is 5.88 Å². The zero-order valence-electron chi connectivity index (χ0n) is 21.9. The molecule has 198 valence electrons. The largest absolute Gasteiger partial charge is 0.504 e. The lowest BCUT2D eigenvalue weighted by Crippen LogP contribution is -2.25. The van der Waals surface area contributed by atoms with Crippen LogP contribution in [0.25, 0.3) is 11.6 Å². The van der Waals surface area contributed by atoms with Crippen molar-refractivity contribution in [1.82, 2.24) is 9.88 Å². The zero-order chi connectivity index (χ0) is 26.6. The summed E-state index contributed by atoms with van der Waals surface area (Å²) in [6.07, 6.45) is 7.08. The smallest absolute Gasteiger partial charge is 0.347 e. The minimum absolute atomic E-state index is 0.0720. The molecule has 0 aliphatic carbocycles. The maximum atomic E-state index is 12.9. The number of ether oxygens (including phenoxy) is 2. The van der Waals surface area contributed by atoms with Gasteiger partial charge in [0.1, 0.15) is 12.4 Å². The molecule has 5 rings (SSSR count). The van der Waals surface area contributed by atoms with Gasteiger partial charge < -0.3 is 24.3 Å². The third kappa shape index (κ3) is 5.57. The number of anilines is 2. The number of aryl methyl sites for hydroxylation is 1. The molecule has 2 N–H and O–H groups in total. The van der Waals surface area contributed by atoms with Crippen LogP contribution in [0, 0.1) is 6.92 Å². The molecule has 9 heteroatoms. The van der Waals surface area contributed by atoms with Gasteiger partial charge >= 0.3 is 5.97 Å². The first kappa shape index (κ1) is 25.5. The van der Waals surface area contributed by atoms with Crippen LogP contribution in [-0.2, 0) is 4.74 Å². The molecule has 2 aliphatic heterocycles. The molecule has 2 aromatic heterocycles. The van der Waals surface area contributed by atoms with E-state index in [-0.39, 0.29) is 29.1 Å². The van der Waals surface area contributed by atoms with Gasteiger partial charge in [-0.3, -0.25) is 4.90 Å². The molecule has 38 heavy (non-hydrogen) atoms. The maximum absolute atomic E-state index is 12.9. The van der Waals surface area contributed by atoms with E-state index in [2.05, 4.69) is 20.2 Å². The fourth-order valence-corrected chi connectivity index (χ4v) is 4.56. The number of carbonyl (C=O) groups excluding carboxylic acids is 1. The average molecular weight is 517 g/mol. The molecule has 0 atom stereocenters. The molecule has 1 saturated heterocycles. The van der Waals surface area contributed by atoms with Gasteiger partial charge in [-0.1, -0.05) is 0 Å². The topological polar surface area (TPSA) is 109 Å². The standard InChI is InChI=1S/C29H32N4O5/c1-18(2)37-29(35)25-26(34)24(16-20-17-31-27-22(20)7-6-10-30-27)38-28(25)32-23-9-8-21(15-19(23)3)36-14-13-33-11-4-5-12-33/h6-10,15-18,32,34H,4-5,11-14H2,1-3H3. The molecule has 0 saturated carbocycles. The highest BCUT2D eigenvalue weighted by molar-refractivity contribution is 6.21. The summed E-state index contributed by atoms with van der Waals surface area (Å²) in [7, 11) is 0. The average Bonchev–Trinajstić information content (AvgIpc) is 3.61. The fraction of sp³-hybridized carbons (Fsp3) is 0.345. The van der Waals surface area contributed by atoms with E-state index in [1.807, 2.05) is 37.3 Å². The number of furan rings is 1. The molecule has 1 fully saturated rings. The van der Waals surface area contributed by atoms with Crippen LogP contribution in [0.4, 0.5) is 17.4 Å². The predicted octanol–water partition coefficient (Wildman–Crippen LogP) is 5.73. The first-order chi connectivity index (χ1) is 18.4. The van der Waals surface area contributed by atoms with Crippen molar-refractivity contribution >= 4 is 41.2 Å². The molecule has 1 aromatic carbocycles. The number of hydrogen-bond donors (Lipinski definition) is 2. The Bertz CT molecular complexity index is 1390. The Morgan fingerprint density at radius 2 is 2.08 bits per heavy atom. The summed E-state index contributed by atoms with van der Waals surface area (Å²) < 4.78 is 17.3. The lowest BCUT2D eigenvalue weighted by molar-refractivity contribution is 0.0376. The number of nitrogens with one attached hydrogen (secondary N) is 1. The van der Waals surface area contributed by atoms with Crippen LogP contribution in [-0.4, -0.2) is 59.5 Å². The number of rotatable bonds is 9. The van der Waals surface area contributed by atoms with E-state index >= 15 is 0 Å². The number of esters is 1. The van der Waals surface area contributed by atoms with Crippen molar-refractivity contribution in [3.05, 3.63) is 59.0 Å². The SMILES string of the molecule is Cc1cc(OCCN2CCCC2)ccc1Nc1oc(C=C2C=Nc3ncccc32)c(O)c1C(=O)OC(C)C. The Morgan fingerprint density at radius 3 is 2.84 bits per heavy atom. The fourth-order valence-electron chi connectivity index (χ4n) is 4.56. The van der Waals surface area contributed by atoms with Crippen LogP contribution in [0.2, 0.25) is 0 Å². The van der Waals surface area contributed by atoms with Crippen molar-refractivity contribution in [2.45, 2.75) is 39.7 Å². The van der Waals surface area contributed by atoms with Crippen molar-refractivity contribution in [3.8, 4) is 11.5 Å². The minimum atomic E-state index is -0.685. The van der Waals surface area contributed by atoms with Crippen LogP contribution in [0.3, 0.4) is 0 Å². The molecule has 0 bridgehead atoms. The van der Waals surface area contributed by atoms with E-state index < -0.39 is 5.97 Å².